The average molecular weight is 548 g/mol. The van der Waals surface area contributed by atoms with E-state index < -0.39 is 5.91 Å². The van der Waals surface area contributed by atoms with Gasteiger partial charge in [-0.05, 0) is 65.1 Å². The van der Waals surface area contributed by atoms with Crippen molar-refractivity contribution < 1.29 is 14.7 Å². The number of carbonyl (C=O) groups excluding carboxylic acids is 1. The Bertz CT molecular complexity index is 861. The second-order valence-corrected chi connectivity index (χ2v) is 8.43. The second-order valence-electron chi connectivity index (χ2n) is 6.22. The molecule has 0 aliphatic rings. The molecule has 0 atom stereocenters. The summed E-state index contributed by atoms with van der Waals surface area (Å²) in [6, 6.07) is 11.1. The van der Waals surface area contributed by atoms with Crippen molar-refractivity contribution in [2.45, 2.75) is 19.3 Å². The molecule has 6 nitrogen and oxygen atoms in total. The Labute approximate surface area is 191 Å². The van der Waals surface area contributed by atoms with E-state index in [0.29, 0.717) is 48.9 Å². The highest BCUT2D eigenvalue weighted by Gasteiger charge is 2.18. The van der Waals surface area contributed by atoms with Crippen LogP contribution in [-0.2, 0) is 17.6 Å². The third-order valence-corrected chi connectivity index (χ3v) is 5.33. The summed E-state index contributed by atoms with van der Waals surface area (Å²) in [6.07, 6.45) is 1.45. The number of hydrogen-bond donors (Lipinski definition) is 3. The number of ether oxygens (including phenoxy) is 1. The summed E-state index contributed by atoms with van der Waals surface area (Å²) >= 11 is 12.8. The highest BCUT2D eigenvalue weighted by atomic mass is 79.9. The van der Waals surface area contributed by atoms with Gasteiger partial charge in [0, 0.05) is 28.0 Å². The number of oxime groups is 1. The minimum atomic E-state index is -0.439. The molecule has 2 aromatic rings. The summed E-state index contributed by atoms with van der Waals surface area (Å²) in [7, 11) is 0. The first-order valence-corrected chi connectivity index (χ1v) is 10.9. The highest BCUT2D eigenvalue weighted by molar-refractivity contribution is 9.11. The van der Waals surface area contributed by atoms with Crippen molar-refractivity contribution in [1.82, 2.24) is 5.32 Å². The van der Waals surface area contributed by atoms with Gasteiger partial charge in [-0.15, -0.1) is 0 Å². The zero-order valence-corrected chi connectivity index (χ0v) is 19.6. The van der Waals surface area contributed by atoms with Crippen LogP contribution >= 0.6 is 43.5 Å². The van der Waals surface area contributed by atoms with Crippen LogP contribution in [0.2, 0.25) is 5.02 Å². The fraction of sp³-hybridized carbons (Fsp3) is 0.300. The summed E-state index contributed by atoms with van der Waals surface area (Å²) in [4.78, 5) is 12.5. The molecule has 0 bridgehead atoms. The molecule has 0 spiro atoms. The largest absolute Gasteiger partial charge is 0.492 e. The molecule has 2 aromatic carbocycles. The lowest BCUT2D eigenvalue weighted by Crippen LogP contribution is -2.33. The molecule has 0 aliphatic heterocycles. The number of nitrogens with one attached hydrogen (secondary N) is 1. The Morgan fingerprint density at radius 3 is 2.62 bits per heavy atom. The van der Waals surface area contributed by atoms with E-state index in [4.69, 9.17) is 22.1 Å². The van der Waals surface area contributed by atoms with Crippen LogP contribution < -0.4 is 15.8 Å². The van der Waals surface area contributed by atoms with E-state index >= 15 is 0 Å². The SMILES string of the molecule is NCCCOc1c(Br)cc(Br)cc1C/C(=N/O)C(=O)NCCc1ccc(Cl)cc1. The van der Waals surface area contributed by atoms with E-state index in [9.17, 15) is 10.0 Å². The lowest BCUT2D eigenvalue weighted by molar-refractivity contribution is -0.115. The zero-order chi connectivity index (χ0) is 21.2. The molecule has 0 fully saturated rings. The van der Waals surface area contributed by atoms with Gasteiger partial charge in [-0.2, -0.15) is 0 Å². The summed E-state index contributed by atoms with van der Waals surface area (Å²) in [6.45, 7) is 1.37. The van der Waals surface area contributed by atoms with Gasteiger partial charge in [0.1, 0.15) is 11.5 Å². The quantitative estimate of drug-likeness (QED) is 0.179. The fourth-order valence-corrected chi connectivity index (χ4v) is 4.13. The lowest BCUT2D eigenvalue weighted by atomic mass is 10.1. The van der Waals surface area contributed by atoms with E-state index in [2.05, 4.69) is 42.3 Å². The topological polar surface area (TPSA) is 96.9 Å². The van der Waals surface area contributed by atoms with Crippen LogP contribution in [0.15, 0.2) is 50.5 Å². The van der Waals surface area contributed by atoms with Gasteiger partial charge in [0.05, 0.1) is 11.1 Å². The average Bonchev–Trinajstić information content (AvgIpc) is 2.69. The van der Waals surface area contributed by atoms with Gasteiger partial charge in [0.15, 0.2) is 0 Å². The van der Waals surface area contributed by atoms with Crippen molar-refractivity contribution in [2.75, 3.05) is 19.7 Å². The molecular weight excluding hydrogens is 525 g/mol. The van der Waals surface area contributed by atoms with E-state index in [1.165, 1.54) is 0 Å². The molecule has 2 rings (SSSR count). The smallest absolute Gasteiger partial charge is 0.269 e. The predicted molar refractivity (Wildman–Crippen MR) is 122 cm³/mol. The highest BCUT2D eigenvalue weighted by Crippen LogP contribution is 2.33. The first kappa shape index (κ1) is 23.7. The van der Waals surface area contributed by atoms with Crippen molar-refractivity contribution >= 4 is 55.1 Å². The van der Waals surface area contributed by atoms with Crippen molar-refractivity contribution in [2.24, 2.45) is 10.9 Å². The van der Waals surface area contributed by atoms with Gasteiger partial charge < -0.3 is 21.0 Å². The fourth-order valence-electron chi connectivity index (χ4n) is 2.58. The first-order chi connectivity index (χ1) is 13.9. The molecule has 156 valence electrons. The number of nitrogens with two attached hydrogens (primary N) is 1. The molecule has 0 aromatic heterocycles. The number of carbonyl (C=O) groups is 1. The van der Waals surface area contributed by atoms with Gasteiger partial charge >= 0.3 is 0 Å². The minimum absolute atomic E-state index is 0.00483. The molecule has 0 aliphatic carbocycles. The Hall–Kier alpha value is -1.61. The maximum Gasteiger partial charge on any atom is 0.269 e. The minimum Gasteiger partial charge on any atom is -0.492 e. The molecule has 0 radical (unpaired) electrons. The maximum atomic E-state index is 12.5. The monoisotopic (exact) mass is 545 g/mol. The van der Waals surface area contributed by atoms with Gasteiger partial charge in [-0.3, -0.25) is 4.79 Å². The number of nitrogens with zero attached hydrogens (tertiary/aromatic N) is 1. The van der Waals surface area contributed by atoms with Crippen LogP contribution in [0, 0.1) is 0 Å². The summed E-state index contributed by atoms with van der Waals surface area (Å²) in [5, 5.41) is 16.0. The predicted octanol–water partition coefficient (Wildman–Crippen LogP) is 4.32. The molecule has 0 unspecified atom stereocenters. The van der Waals surface area contributed by atoms with Crippen molar-refractivity contribution in [1.29, 1.82) is 0 Å². The molecular formula is C20H22Br2ClN3O3. The molecule has 0 saturated carbocycles. The number of halogens is 3. The van der Waals surface area contributed by atoms with Crippen LogP contribution in [0.3, 0.4) is 0 Å². The van der Waals surface area contributed by atoms with Gasteiger partial charge in [0.25, 0.3) is 5.91 Å². The second kappa shape index (κ2) is 12.2. The van der Waals surface area contributed by atoms with E-state index in [1.54, 1.807) is 12.1 Å². The van der Waals surface area contributed by atoms with E-state index in [-0.39, 0.29) is 12.1 Å². The lowest BCUT2D eigenvalue weighted by Gasteiger charge is -2.14. The number of rotatable bonds is 10. The normalized spacial score (nSPS) is 11.4. The van der Waals surface area contributed by atoms with Crippen molar-refractivity contribution in [3.05, 3.63) is 61.5 Å². The van der Waals surface area contributed by atoms with E-state index in [1.807, 2.05) is 24.3 Å². The summed E-state index contributed by atoms with van der Waals surface area (Å²) in [5.41, 5.74) is 7.27. The Balaban J connectivity index is 2.02. The van der Waals surface area contributed by atoms with Gasteiger partial charge in [-0.25, -0.2) is 0 Å². The third kappa shape index (κ3) is 7.62. The standard InChI is InChI=1S/C20H22Br2ClN3O3/c21-15-10-14(19(17(22)12-15)29-9-1-7-24)11-18(26-28)20(27)25-8-6-13-2-4-16(23)5-3-13/h2-5,10,12,28H,1,6-9,11,24H2,(H,25,27)/b26-18-. The molecule has 9 heteroatoms. The van der Waals surface area contributed by atoms with Crippen LogP contribution in [-0.4, -0.2) is 36.5 Å². The number of amides is 1. The molecule has 0 heterocycles. The Morgan fingerprint density at radius 1 is 1.24 bits per heavy atom. The Kier molecular flexibility index (Phi) is 9.93. The number of benzene rings is 2. The van der Waals surface area contributed by atoms with Crippen LogP contribution in [0.4, 0.5) is 0 Å². The van der Waals surface area contributed by atoms with Crippen molar-refractivity contribution in [3.8, 4) is 5.75 Å². The Morgan fingerprint density at radius 2 is 1.97 bits per heavy atom. The zero-order valence-electron chi connectivity index (χ0n) is 15.6. The van der Waals surface area contributed by atoms with Gasteiger partial charge in [0.2, 0.25) is 0 Å². The molecule has 1 amide bonds. The summed E-state index contributed by atoms with van der Waals surface area (Å²) in [5.74, 6) is 0.155. The maximum absolute atomic E-state index is 12.5. The van der Waals surface area contributed by atoms with Gasteiger partial charge in [-0.1, -0.05) is 44.8 Å². The van der Waals surface area contributed by atoms with Crippen LogP contribution in [0.25, 0.3) is 0 Å². The van der Waals surface area contributed by atoms with Crippen molar-refractivity contribution in [3.63, 3.8) is 0 Å². The molecule has 0 saturated heterocycles. The number of hydrogen-bond acceptors (Lipinski definition) is 5. The molecule has 29 heavy (non-hydrogen) atoms. The van der Waals surface area contributed by atoms with E-state index in [0.717, 1.165) is 14.5 Å². The van der Waals surface area contributed by atoms with Crippen LogP contribution in [0.1, 0.15) is 17.5 Å². The third-order valence-electron chi connectivity index (χ3n) is 4.03. The van der Waals surface area contributed by atoms with Crippen LogP contribution in [0.5, 0.6) is 5.75 Å². The first-order valence-electron chi connectivity index (χ1n) is 8.99. The summed E-state index contributed by atoms with van der Waals surface area (Å²) < 4.78 is 7.36. The molecule has 4 N–H and O–H groups in total.